The number of nitrogens with one attached hydrogen (secondary N) is 1. The molecule has 0 radical (unpaired) electrons. The van der Waals surface area contributed by atoms with Crippen molar-refractivity contribution in [3.8, 4) is 11.5 Å². The van der Waals surface area contributed by atoms with Gasteiger partial charge in [-0.3, -0.25) is 9.59 Å². The molecule has 2 rings (SSSR count). The maximum Gasteiger partial charge on any atom is 0.305 e. The van der Waals surface area contributed by atoms with E-state index in [-0.39, 0.29) is 24.7 Å². The molecule has 2 aromatic carbocycles. The van der Waals surface area contributed by atoms with Crippen molar-refractivity contribution < 1.29 is 24.2 Å². The molecule has 0 spiro atoms. The van der Waals surface area contributed by atoms with E-state index in [2.05, 4.69) is 11.9 Å². The second kappa shape index (κ2) is 10.2. The van der Waals surface area contributed by atoms with Crippen molar-refractivity contribution in [3.63, 3.8) is 0 Å². The lowest BCUT2D eigenvalue weighted by molar-refractivity contribution is -0.137. The number of carboxylic acid groups (broad SMARTS) is 1. The van der Waals surface area contributed by atoms with Crippen molar-refractivity contribution in [2.45, 2.75) is 24.8 Å². The predicted molar refractivity (Wildman–Crippen MR) is 107 cm³/mol. The number of carbonyl (C=O) groups is 2. The summed E-state index contributed by atoms with van der Waals surface area (Å²) in [4.78, 5) is 23.9. The Labute approximate surface area is 164 Å². The first kappa shape index (κ1) is 21.0. The van der Waals surface area contributed by atoms with Gasteiger partial charge in [0.05, 0.1) is 26.7 Å². The Kier molecular flexibility index (Phi) is 7.63. The maximum atomic E-state index is 12.6. The highest BCUT2D eigenvalue weighted by molar-refractivity contribution is 5.79. The molecular weight excluding hydrogens is 358 g/mol. The van der Waals surface area contributed by atoms with Gasteiger partial charge in [-0.25, -0.2) is 0 Å². The van der Waals surface area contributed by atoms with Gasteiger partial charge < -0.3 is 19.9 Å². The van der Waals surface area contributed by atoms with Gasteiger partial charge in [0.15, 0.2) is 11.5 Å². The zero-order chi connectivity index (χ0) is 20.5. The number of amides is 1. The second-order valence-electron chi connectivity index (χ2n) is 6.29. The highest BCUT2D eigenvalue weighted by atomic mass is 16.5. The molecule has 0 aliphatic carbocycles. The molecule has 0 saturated carbocycles. The quantitative estimate of drug-likeness (QED) is 0.611. The molecule has 2 unspecified atom stereocenters. The van der Waals surface area contributed by atoms with E-state index in [0.717, 1.165) is 5.56 Å². The zero-order valence-corrected chi connectivity index (χ0v) is 16.1. The SMILES string of the molecule is C=CC(CC(=O)NC(CC(=O)O)c1ccc(OC)c(OC)c1)c1ccccc1. The van der Waals surface area contributed by atoms with Crippen LogP contribution in [0.25, 0.3) is 0 Å². The lowest BCUT2D eigenvalue weighted by Gasteiger charge is -2.20. The third-order valence-corrected chi connectivity index (χ3v) is 4.44. The Bertz CT molecular complexity index is 819. The van der Waals surface area contributed by atoms with Crippen LogP contribution >= 0.6 is 0 Å². The minimum Gasteiger partial charge on any atom is -0.493 e. The summed E-state index contributed by atoms with van der Waals surface area (Å²) in [6.07, 6.45) is 1.65. The summed E-state index contributed by atoms with van der Waals surface area (Å²) >= 11 is 0. The second-order valence-corrected chi connectivity index (χ2v) is 6.29. The van der Waals surface area contributed by atoms with E-state index in [9.17, 15) is 14.7 Å². The van der Waals surface area contributed by atoms with Crippen molar-refractivity contribution >= 4 is 11.9 Å². The lowest BCUT2D eigenvalue weighted by atomic mass is 9.95. The number of carboxylic acids is 1. The average Bonchev–Trinajstić information content (AvgIpc) is 2.71. The Morgan fingerprint density at radius 1 is 1.04 bits per heavy atom. The van der Waals surface area contributed by atoms with Crippen LogP contribution in [0.4, 0.5) is 0 Å². The van der Waals surface area contributed by atoms with Gasteiger partial charge in [-0.05, 0) is 23.3 Å². The molecule has 0 aliphatic rings. The number of methoxy groups -OCH3 is 2. The number of rotatable bonds is 10. The van der Waals surface area contributed by atoms with Gasteiger partial charge >= 0.3 is 5.97 Å². The van der Waals surface area contributed by atoms with E-state index in [1.807, 2.05) is 30.3 Å². The van der Waals surface area contributed by atoms with Crippen LogP contribution in [0.2, 0.25) is 0 Å². The number of benzene rings is 2. The Balaban J connectivity index is 2.18. The number of hydrogen-bond donors (Lipinski definition) is 2. The van der Waals surface area contributed by atoms with Gasteiger partial charge in [-0.1, -0.05) is 42.5 Å². The lowest BCUT2D eigenvalue weighted by Crippen LogP contribution is -2.31. The number of hydrogen-bond acceptors (Lipinski definition) is 4. The molecular formula is C22H25NO5. The molecule has 0 heterocycles. The third-order valence-electron chi connectivity index (χ3n) is 4.44. The highest BCUT2D eigenvalue weighted by Crippen LogP contribution is 2.31. The summed E-state index contributed by atoms with van der Waals surface area (Å²) < 4.78 is 10.5. The van der Waals surface area contributed by atoms with Crippen LogP contribution in [0.1, 0.15) is 35.9 Å². The molecule has 2 aromatic rings. The molecule has 0 aromatic heterocycles. The van der Waals surface area contributed by atoms with E-state index < -0.39 is 12.0 Å². The molecule has 148 valence electrons. The molecule has 6 heteroatoms. The predicted octanol–water partition coefficient (Wildman–Crippen LogP) is 3.70. The summed E-state index contributed by atoms with van der Waals surface area (Å²) in [7, 11) is 3.02. The van der Waals surface area contributed by atoms with Gasteiger partial charge in [-0.15, -0.1) is 6.58 Å². The van der Waals surface area contributed by atoms with Crippen molar-refractivity contribution in [3.05, 3.63) is 72.3 Å². The molecule has 2 N–H and O–H groups in total. The van der Waals surface area contributed by atoms with Crippen LogP contribution in [-0.2, 0) is 9.59 Å². The largest absolute Gasteiger partial charge is 0.493 e. The summed E-state index contributed by atoms with van der Waals surface area (Å²) in [6, 6.07) is 14.0. The van der Waals surface area contributed by atoms with Crippen LogP contribution < -0.4 is 14.8 Å². The zero-order valence-electron chi connectivity index (χ0n) is 16.1. The molecule has 0 saturated heterocycles. The average molecular weight is 383 g/mol. The van der Waals surface area contributed by atoms with Crippen molar-refractivity contribution in [2.24, 2.45) is 0 Å². The van der Waals surface area contributed by atoms with Gasteiger partial charge in [0.25, 0.3) is 0 Å². The molecule has 0 fully saturated rings. The van der Waals surface area contributed by atoms with Crippen LogP contribution in [-0.4, -0.2) is 31.2 Å². The standard InChI is InChI=1S/C22H25NO5/c1-4-15(16-8-6-5-7-9-16)13-21(24)23-18(14-22(25)26)17-10-11-19(27-2)20(12-17)28-3/h4-12,15,18H,1,13-14H2,2-3H3,(H,23,24)(H,25,26). The summed E-state index contributed by atoms with van der Waals surface area (Å²) in [6.45, 7) is 3.81. The van der Waals surface area contributed by atoms with Gasteiger partial charge in [0, 0.05) is 12.3 Å². The van der Waals surface area contributed by atoms with Gasteiger partial charge in [0.2, 0.25) is 5.91 Å². The number of allylic oxidation sites excluding steroid dienone is 1. The van der Waals surface area contributed by atoms with Crippen molar-refractivity contribution in [1.82, 2.24) is 5.32 Å². The fourth-order valence-corrected chi connectivity index (χ4v) is 2.99. The Morgan fingerprint density at radius 3 is 2.29 bits per heavy atom. The smallest absolute Gasteiger partial charge is 0.305 e. The topological polar surface area (TPSA) is 84.9 Å². The van der Waals surface area contributed by atoms with E-state index in [4.69, 9.17) is 9.47 Å². The monoisotopic (exact) mass is 383 g/mol. The highest BCUT2D eigenvalue weighted by Gasteiger charge is 2.21. The molecule has 28 heavy (non-hydrogen) atoms. The maximum absolute atomic E-state index is 12.6. The van der Waals surface area contributed by atoms with Gasteiger partial charge in [0.1, 0.15) is 0 Å². The number of ether oxygens (including phenoxy) is 2. The molecule has 6 nitrogen and oxygen atoms in total. The first-order valence-corrected chi connectivity index (χ1v) is 8.89. The van der Waals surface area contributed by atoms with E-state index >= 15 is 0 Å². The normalized spacial score (nSPS) is 12.5. The molecule has 1 amide bonds. The summed E-state index contributed by atoms with van der Waals surface area (Å²) in [5.41, 5.74) is 1.61. The molecule has 2 atom stereocenters. The first-order valence-electron chi connectivity index (χ1n) is 8.89. The van der Waals surface area contributed by atoms with E-state index in [1.54, 1.807) is 24.3 Å². The van der Waals surface area contributed by atoms with Crippen LogP contribution in [0.15, 0.2) is 61.2 Å². The van der Waals surface area contributed by atoms with Gasteiger partial charge in [-0.2, -0.15) is 0 Å². The van der Waals surface area contributed by atoms with Crippen LogP contribution in [0, 0.1) is 0 Å². The Hall–Kier alpha value is -3.28. The van der Waals surface area contributed by atoms with E-state index in [1.165, 1.54) is 14.2 Å². The van der Waals surface area contributed by atoms with Crippen LogP contribution in [0.3, 0.4) is 0 Å². The first-order chi connectivity index (χ1) is 13.5. The third kappa shape index (κ3) is 5.61. The summed E-state index contributed by atoms with van der Waals surface area (Å²) in [5, 5.41) is 12.1. The van der Waals surface area contributed by atoms with Crippen LogP contribution in [0.5, 0.6) is 11.5 Å². The van der Waals surface area contributed by atoms with Crippen molar-refractivity contribution in [2.75, 3.05) is 14.2 Å². The number of aliphatic carboxylic acids is 1. The number of carbonyl (C=O) groups excluding carboxylic acids is 1. The molecule has 0 aliphatic heterocycles. The van der Waals surface area contributed by atoms with Crippen molar-refractivity contribution in [1.29, 1.82) is 0 Å². The minimum absolute atomic E-state index is 0.155. The fourth-order valence-electron chi connectivity index (χ4n) is 2.99. The minimum atomic E-state index is -1.01. The Morgan fingerprint density at radius 2 is 1.71 bits per heavy atom. The van der Waals surface area contributed by atoms with E-state index in [0.29, 0.717) is 17.1 Å². The summed E-state index contributed by atoms with van der Waals surface area (Å²) in [5.74, 6) is -0.421. The molecule has 0 bridgehead atoms. The fraction of sp³-hybridized carbons (Fsp3) is 0.273.